The summed E-state index contributed by atoms with van der Waals surface area (Å²) in [5.74, 6) is 0.470. The third-order valence-corrected chi connectivity index (χ3v) is 1.99. The van der Waals surface area contributed by atoms with Gasteiger partial charge >= 0.3 is 0 Å². The maximum Gasteiger partial charge on any atom is 0.186 e. The third kappa shape index (κ3) is 1.31. The van der Waals surface area contributed by atoms with E-state index in [1.807, 2.05) is 6.07 Å². The lowest BCUT2D eigenvalue weighted by atomic mass is 10.1. The Morgan fingerprint density at radius 2 is 2.21 bits per heavy atom. The van der Waals surface area contributed by atoms with Gasteiger partial charge in [0.15, 0.2) is 17.2 Å². The van der Waals surface area contributed by atoms with Gasteiger partial charge in [-0.2, -0.15) is 0 Å². The summed E-state index contributed by atoms with van der Waals surface area (Å²) in [7, 11) is 0. The predicted octanol–water partition coefficient (Wildman–Crippen LogP) is 1.94. The number of rotatable bonds is 1. The molecule has 4 nitrogen and oxygen atoms in total. The largest absolute Gasteiger partial charge is 0.503 e. The Balaban J connectivity index is 2.55. The molecule has 0 amide bonds. The molecule has 0 bridgehead atoms. The molecule has 4 heteroatoms. The van der Waals surface area contributed by atoms with Crippen LogP contribution in [0.2, 0.25) is 0 Å². The fraction of sp³-hybridized carbons (Fsp3) is 0.100. The number of anilines is 1. The van der Waals surface area contributed by atoms with E-state index in [0.717, 1.165) is 5.56 Å². The monoisotopic (exact) mass is 190 g/mol. The number of aryl methyl sites for hydroxylation is 1. The highest BCUT2D eigenvalue weighted by atomic mass is 16.5. The lowest BCUT2D eigenvalue weighted by Crippen LogP contribution is -1.85. The molecule has 0 saturated carbocycles. The maximum atomic E-state index is 9.58. The Morgan fingerprint density at radius 3 is 2.79 bits per heavy atom. The van der Waals surface area contributed by atoms with E-state index in [1.54, 1.807) is 25.1 Å². The van der Waals surface area contributed by atoms with Crippen LogP contribution >= 0.6 is 0 Å². The maximum absolute atomic E-state index is 9.58. The summed E-state index contributed by atoms with van der Waals surface area (Å²) in [5, 5.41) is 13.3. The molecule has 72 valence electrons. The van der Waals surface area contributed by atoms with Crippen LogP contribution in [0.5, 0.6) is 5.75 Å². The number of hydrogen-bond acceptors (Lipinski definition) is 4. The predicted molar refractivity (Wildman–Crippen MR) is 52.8 cm³/mol. The van der Waals surface area contributed by atoms with E-state index in [2.05, 4.69) is 5.16 Å². The molecule has 0 aliphatic rings. The summed E-state index contributed by atoms with van der Waals surface area (Å²) in [6.45, 7) is 1.65. The molecule has 0 radical (unpaired) electrons. The van der Waals surface area contributed by atoms with Gasteiger partial charge < -0.3 is 15.4 Å². The molecule has 3 N–H and O–H groups in total. The summed E-state index contributed by atoms with van der Waals surface area (Å²) in [4.78, 5) is 0. The van der Waals surface area contributed by atoms with Gasteiger partial charge in [-0.05, 0) is 12.1 Å². The highest BCUT2D eigenvalue weighted by Gasteiger charge is 2.12. The molecular weight excluding hydrogens is 180 g/mol. The first-order valence-electron chi connectivity index (χ1n) is 4.19. The topological polar surface area (TPSA) is 72.3 Å². The molecule has 1 aromatic heterocycles. The van der Waals surface area contributed by atoms with Crippen LogP contribution in [-0.4, -0.2) is 10.3 Å². The second kappa shape index (κ2) is 3.06. The van der Waals surface area contributed by atoms with Crippen LogP contribution in [0.25, 0.3) is 11.3 Å². The van der Waals surface area contributed by atoms with E-state index < -0.39 is 0 Å². The highest BCUT2D eigenvalue weighted by molar-refractivity contribution is 5.69. The average Bonchev–Trinajstić information content (AvgIpc) is 2.48. The zero-order valence-electron chi connectivity index (χ0n) is 7.69. The number of benzene rings is 1. The Labute approximate surface area is 81.0 Å². The Morgan fingerprint density at radius 1 is 1.43 bits per heavy atom. The summed E-state index contributed by atoms with van der Waals surface area (Å²) in [5.41, 5.74) is 7.42. The van der Waals surface area contributed by atoms with E-state index >= 15 is 0 Å². The van der Waals surface area contributed by atoms with Crippen molar-refractivity contribution in [2.24, 2.45) is 0 Å². The summed E-state index contributed by atoms with van der Waals surface area (Å²) >= 11 is 0. The van der Waals surface area contributed by atoms with Crippen molar-refractivity contribution in [1.29, 1.82) is 0 Å². The van der Waals surface area contributed by atoms with Crippen molar-refractivity contribution in [3.63, 3.8) is 0 Å². The van der Waals surface area contributed by atoms with E-state index in [1.165, 1.54) is 0 Å². The summed E-state index contributed by atoms with van der Waals surface area (Å²) < 4.78 is 4.85. The fourth-order valence-electron chi connectivity index (χ4n) is 1.24. The molecule has 0 unspecified atom stereocenters. The van der Waals surface area contributed by atoms with Gasteiger partial charge in [-0.15, -0.1) is 0 Å². The van der Waals surface area contributed by atoms with Crippen LogP contribution < -0.4 is 5.73 Å². The molecule has 14 heavy (non-hydrogen) atoms. The molecule has 2 rings (SSSR count). The Kier molecular flexibility index (Phi) is 1.89. The van der Waals surface area contributed by atoms with Gasteiger partial charge in [0.25, 0.3) is 0 Å². The molecule has 1 heterocycles. The second-order valence-electron chi connectivity index (χ2n) is 3.06. The van der Waals surface area contributed by atoms with Crippen molar-refractivity contribution in [2.75, 3.05) is 5.73 Å². The quantitative estimate of drug-likeness (QED) is 0.674. The zero-order valence-corrected chi connectivity index (χ0v) is 7.69. The van der Waals surface area contributed by atoms with E-state index in [-0.39, 0.29) is 5.75 Å². The molecule has 0 spiro atoms. The van der Waals surface area contributed by atoms with Gasteiger partial charge in [0.2, 0.25) is 0 Å². The molecule has 0 aliphatic carbocycles. The third-order valence-electron chi connectivity index (χ3n) is 1.99. The van der Waals surface area contributed by atoms with Gasteiger partial charge in [0.1, 0.15) is 0 Å². The zero-order chi connectivity index (χ0) is 10.1. The van der Waals surface area contributed by atoms with Crippen LogP contribution in [0.15, 0.2) is 28.8 Å². The smallest absolute Gasteiger partial charge is 0.186 e. The molecule has 2 aromatic rings. The van der Waals surface area contributed by atoms with Gasteiger partial charge in [-0.3, -0.25) is 0 Å². The number of aromatic hydroxyl groups is 1. The second-order valence-corrected chi connectivity index (χ2v) is 3.06. The number of aromatic nitrogens is 1. The molecule has 0 atom stereocenters. The van der Waals surface area contributed by atoms with Crippen molar-refractivity contribution in [3.8, 4) is 17.0 Å². The average molecular weight is 190 g/mol. The van der Waals surface area contributed by atoms with Crippen molar-refractivity contribution in [1.82, 2.24) is 5.16 Å². The lowest BCUT2D eigenvalue weighted by molar-refractivity contribution is 0.384. The Hall–Kier alpha value is -1.97. The van der Waals surface area contributed by atoms with E-state index in [4.69, 9.17) is 10.3 Å². The first-order chi connectivity index (χ1) is 6.68. The number of nitrogens with zero attached hydrogens (tertiary/aromatic N) is 1. The van der Waals surface area contributed by atoms with Gasteiger partial charge in [-0.1, -0.05) is 17.3 Å². The van der Waals surface area contributed by atoms with Crippen molar-refractivity contribution >= 4 is 5.69 Å². The van der Waals surface area contributed by atoms with Crippen LogP contribution in [0, 0.1) is 6.92 Å². The number of nitrogen functional groups attached to an aromatic ring is 1. The Bertz CT molecular complexity index is 463. The first kappa shape index (κ1) is 8.62. The first-order valence-corrected chi connectivity index (χ1v) is 4.19. The van der Waals surface area contributed by atoms with E-state index in [9.17, 15) is 5.11 Å². The molecule has 0 saturated heterocycles. The molecule has 1 aromatic carbocycles. The SMILES string of the molecule is Cc1onc(-c2cccc(N)c2)c1O. The van der Waals surface area contributed by atoms with Crippen molar-refractivity contribution in [2.45, 2.75) is 6.92 Å². The van der Waals surface area contributed by atoms with Gasteiger partial charge in [0.05, 0.1) is 0 Å². The molecule has 0 fully saturated rings. The number of hydrogen-bond donors (Lipinski definition) is 2. The fourth-order valence-corrected chi connectivity index (χ4v) is 1.24. The summed E-state index contributed by atoms with van der Waals surface area (Å²) in [6, 6.07) is 7.12. The minimum atomic E-state index is 0.0654. The van der Waals surface area contributed by atoms with Crippen LogP contribution in [0.4, 0.5) is 5.69 Å². The standard InChI is InChI=1S/C10H10N2O2/c1-6-10(13)9(12-14-6)7-3-2-4-8(11)5-7/h2-5,13H,11H2,1H3. The van der Waals surface area contributed by atoms with Crippen molar-refractivity contribution < 1.29 is 9.63 Å². The van der Waals surface area contributed by atoms with Crippen LogP contribution in [0.3, 0.4) is 0 Å². The van der Waals surface area contributed by atoms with Gasteiger partial charge in [0, 0.05) is 18.2 Å². The lowest BCUT2D eigenvalue weighted by Gasteiger charge is -1.97. The van der Waals surface area contributed by atoms with Gasteiger partial charge in [-0.25, -0.2) is 0 Å². The van der Waals surface area contributed by atoms with Crippen LogP contribution in [-0.2, 0) is 0 Å². The summed E-state index contributed by atoms with van der Waals surface area (Å²) in [6.07, 6.45) is 0. The molecular formula is C10H10N2O2. The van der Waals surface area contributed by atoms with Crippen LogP contribution in [0.1, 0.15) is 5.76 Å². The van der Waals surface area contributed by atoms with E-state index in [0.29, 0.717) is 17.1 Å². The molecule has 0 aliphatic heterocycles. The number of nitrogens with two attached hydrogens (primary N) is 1. The van der Waals surface area contributed by atoms with Crippen molar-refractivity contribution in [3.05, 3.63) is 30.0 Å². The highest BCUT2D eigenvalue weighted by Crippen LogP contribution is 2.31. The normalized spacial score (nSPS) is 10.4. The minimum absolute atomic E-state index is 0.0654. The minimum Gasteiger partial charge on any atom is -0.503 e.